The zero-order valence-electron chi connectivity index (χ0n) is 17.1. The highest BCUT2D eigenvalue weighted by Crippen LogP contribution is 2.25. The fourth-order valence-electron chi connectivity index (χ4n) is 2.60. The van der Waals surface area contributed by atoms with E-state index in [2.05, 4.69) is 16.0 Å². The fraction of sp³-hybridized carbons (Fsp3) is 0.318. The fourth-order valence-corrected chi connectivity index (χ4v) is 3.47. The van der Waals surface area contributed by atoms with Gasteiger partial charge in [-0.05, 0) is 55.8 Å². The van der Waals surface area contributed by atoms with Crippen LogP contribution in [0.25, 0.3) is 0 Å². The first-order chi connectivity index (χ1) is 13.8. The SMILES string of the molecule is CCC(=O)Nc1ccc(C(C)NC(=O)C(C)Sc2ccc(NC(C)=O)cc2)cc1. The molecule has 0 radical (unpaired) electrons. The molecule has 0 fully saturated rings. The summed E-state index contributed by atoms with van der Waals surface area (Å²) in [6, 6.07) is 14.7. The topological polar surface area (TPSA) is 87.3 Å². The molecule has 3 N–H and O–H groups in total. The van der Waals surface area contributed by atoms with Crippen LogP contribution in [-0.2, 0) is 14.4 Å². The maximum Gasteiger partial charge on any atom is 0.233 e. The van der Waals surface area contributed by atoms with E-state index in [1.165, 1.54) is 18.7 Å². The molecule has 2 unspecified atom stereocenters. The summed E-state index contributed by atoms with van der Waals surface area (Å²) in [5.41, 5.74) is 2.43. The van der Waals surface area contributed by atoms with Crippen LogP contribution >= 0.6 is 11.8 Å². The third-order valence-corrected chi connectivity index (χ3v) is 5.34. The van der Waals surface area contributed by atoms with Crippen LogP contribution in [-0.4, -0.2) is 23.0 Å². The molecule has 154 valence electrons. The van der Waals surface area contributed by atoms with Crippen LogP contribution in [0, 0.1) is 0 Å². The van der Waals surface area contributed by atoms with Crippen molar-refractivity contribution in [3.8, 4) is 0 Å². The molecule has 0 saturated heterocycles. The van der Waals surface area contributed by atoms with Gasteiger partial charge in [-0.1, -0.05) is 19.1 Å². The van der Waals surface area contributed by atoms with Gasteiger partial charge in [0.25, 0.3) is 0 Å². The van der Waals surface area contributed by atoms with E-state index in [4.69, 9.17) is 0 Å². The summed E-state index contributed by atoms with van der Waals surface area (Å²) in [5, 5.41) is 8.27. The summed E-state index contributed by atoms with van der Waals surface area (Å²) >= 11 is 1.46. The van der Waals surface area contributed by atoms with Gasteiger partial charge in [-0.3, -0.25) is 14.4 Å². The van der Waals surface area contributed by atoms with Crippen LogP contribution in [0.15, 0.2) is 53.4 Å². The summed E-state index contributed by atoms with van der Waals surface area (Å²) in [4.78, 5) is 36.0. The van der Waals surface area contributed by atoms with Crippen molar-refractivity contribution >= 4 is 40.9 Å². The number of amides is 3. The number of rotatable bonds is 8. The van der Waals surface area contributed by atoms with E-state index in [1.807, 2.05) is 62.4 Å². The van der Waals surface area contributed by atoms with E-state index < -0.39 is 0 Å². The second-order valence-corrected chi connectivity index (χ2v) is 8.13. The van der Waals surface area contributed by atoms with Crippen LogP contribution < -0.4 is 16.0 Å². The van der Waals surface area contributed by atoms with Gasteiger partial charge >= 0.3 is 0 Å². The average molecular weight is 414 g/mol. The molecule has 0 heterocycles. The molecule has 3 amide bonds. The van der Waals surface area contributed by atoms with Gasteiger partial charge in [-0.25, -0.2) is 0 Å². The Bertz CT molecular complexity index is 851. The highest BCUT2D eigenvalue weighted by Gasteiger charge is 2.17. The van der Waals surface area contributed by atoms with E-state index in [0.717, 1.165) is 21.8 Å². The van der Waals surface area contributed by atoms with Crippen molar-refractivity contribution < 1.29 is 14.4 Å². The molecule has 2 rings (SSSR count). The quantitative estimate of drug-likeness (QED) is 0.562. The smallest absolute Gasteiger partial charge is 0.233 e. The zero-order valence-corrected chi connectivity index (χ0v) is 17.9. The Balaban J connectivity index is 1.89. The second kappa shape index (κ2) is 10.7. The Labute approximate surface area is 175 Å². The lowest BCUT2D eigenvalue weighted by Crippen LogP contribution is -2.33. The van der Waals surface area contributed by atoms with Crippen LogP contribution in [0.5, 0.6) is 0 Å². The third-order valence-electron chi connectivity index (χ3n) is 4.23. The summed E-state index contributed by atoms with van der Waals surface area (Å²) in [6.07, 6.45) is 0.430. The Morgan fingerprint density at radius 3 is 2.00 bits per heavy atom. The summed E-state index contributed by atoms with van der Waals surface area (Å²) < 4.78 is 0. The molecule has 2 aromatic carbocycles. The molecule has 2 atom stereocenters. The number of thioether (sulfide) groups is 1. The maximum absolute atomic E-state index is 12.5. The van der Waals surface area contributed by atoms with Crippen molar-refractivity contribution in [3.63, 3.8) is 0 Å². The zero-order chi connectivity index (χ0) is 21.4. The van der Waals surface area contributed by atoms with Crippen molar-refractivity contribution in [2.24, 2.45) is 0 Å². The highest BCUT2D eigenvalue weighted by molar-refractivity contribution is 8.00. The van der Waals surface area contributed by atoms with Gasteiger partial charge in [0.15, 0.2) is 0 Å². The van der Waals surface area contributed by atoms with Crippen LogP contribution in [0.1, 0.15) is 45.7 Å². The lowest BCUT2D eigenvalue weighted by Gasteiger charge is -2.18. The summed E-state index contributed by atoms with van der Waals surface area (Å²) in [6.45, 7) is 7.05. The Hall–Kier alpha value is -2.80. The predicted molar refractivity (Wildman–Crippen MR) is 118 cm³/mol. The first-order valence-corrected chi connectivity index (χ1v) is 10.4. The molecule has 0 spiro atoms. The molecular formula is C22H27N3O3S. The molecular weight excluding hydrogens is 386 g/mol. The minimum absolute atomic E-state index is 0.0324. The van der Waals surface area contributed by atoms with Crippen LogP contribution in [0.4, 0.5) is 11.4 Å². The summed E-state index contributed by atoms with van der Waals surface area (Å²) in [7, 11) is 0. The largest absolute Gasteiger partial charge is 0.349 e. The minimum atomic E-state index is -0.271. The molecule has 0 aliphatic rings. The monoisotopic (exact) mass is 413 g/mol. The number of hydrogen-bond donors (Lipinski definition) is 3. The van der Waals surface area contributed by atoms with Crippen molar-refractivity contribution in [2.75, 3.05) is 10.6 Å². The Kier molecular flexibility index (Phi) is 8.27. The molecule has 2 aromatic rings. The Morgan fingerprint density at radius 1 is 0.897 bits per heavy atom. The van der Waals surface area contributed by atoms with Gasteiger partial charge in [-0.2, -0.15) is 0 Å². The van der Waals surface area contributed by atoms with E-state index in [1.54, 1.807) is 6.92 Å². The molecule has 0 aliphatic carbocycles. The van der Waals surface area contributed by atoms with E-state index in [0.29, 0.717) is 6.42 Å². The Morgan fingerprint density at radius 2 is 1.45 bits per heavy atom. The maximum atomic E-state index is 12.5. The van der Waals surface area contributed by atoms with Gasteiger partial charge in [0, 0.05) is 29.6 Å². The van der Waals surface area contributed by atoms with Gasteiger partial charge in [0.05, 0.1) is 11.3 Å². The van der Waals surface area contributed by atoms with Crippen LogP contribution in [0.3, 0.4) is 0 Å². The number of hydrogen-bond acceptors (Lipinski definition) is 4. The normalized spacial score (nSPS) is 12.6. The standard InChI is InChI=1S/C22H27N3O3S/c1-5-21(27)25-19-8-6-17(7-9-19)14(2)23-22(28)15(3)29-20-12-10-18(11-13-20)24-16(4)26/h6-15H,5H2,1-4H3,(H,23,28)(H,24,26)(H,25,27). The molecule has 7 heteroatoms. The highest BCUT2D eigenvalue weighted by atomic mass is 32.2. The van der Waals surface area contributed by atoms with Gasteiger partial charge < -0.3 is 16.0 Å². The number of benzene rings is 2. The number of carbonyl (C=O) groups excluding carboxylic acids is 3. The second-order valence-electron chi connectivity index (χ2n) is 6.72. The molecule has 29 heavy (non-hydrogen) atoms. The van der Waals surface area contributed by atoms with Crippen molar-refractivity contribution in [2.45, 2.75) is 50.3 Å². The minimum Gasteiger partial charge on any atom is -0.349 e. The lowest BCUT2D eigenvalue weighted by atomic mass is 10.1. The van der Waals surface area contributed by atoms with Crippen molar-refractivity contribution in [1.29, 1.82) is 0 Å². The van der Waals surface area contributed by atoms with E-state index in [-0.39, 0.29) is 29.0 Å². The van der Waals surface area contributed by atoms with Crippen molar-refractivity contribution in [1.82, 2.24) is 5.32 Å². The number of nitrogens with one attached hydrogen (secondary N) is 3. The molecule has 0 aromatic heterocycles. The molecule has 6 nitrogen and oxygen atoms in total. The third kappa shape index (κ3) is 7.27. The van der Waals surface area contributed by atoms with Gasteiger partial charge in [0.2, 0.25) is 17.7 Å². The predicted octanol–water partition coefficient (Wildman–Crippen LogP) is 4.35. The number of carbonyl (C=O) groups is 3. The van der Waals surface area contributed by atoms with E-state index >= 15 is 0 Å². The van der Waals surface area contributed by atoms with Gasteiger partial charge in [0.1, 0.15) is 0 Å². The summed E-state index contributed by atoms with van der Waals surface area (Å²) in [5.74, 6) is -0.209. The average Bonchev–Trinajstić information content (AvgIpc) is 2.69. The van der Waals surface area contributed by atoms with Crippen molar-refractivity contribution in [3.05, 3.63) is 54.1 Å². The van der Waals surface area contributed by atoms with E-state index in [9.17, 15) is 14.4 Å². The van der Waals surface area contributed by atoms with Crippen LogP contribution in [0.2, 0.25) is 0 Å². The lowest BCUT2D eigenvalue weighted by molar-refractivity contribution is -0.121. The number of anilines is 2. The molecule has 0 saturated carbocycles. The first-order valence-electron chi connectivity index (χ1n) is 9.53. The molecule has 0 bridgehead atoms. The molecule has 0 aliphatic heterocycles. The van der Waals surface area contributed by atoms with Gasteiger partial charge in [-0.15, -0.1) is 11.8 Å². The first kappa shape index (κ1) is 22.5.